The first-order chi connectivity index (χ1) is 8.19. The van der Waals surface area contributed by atoms with Crippen LogP contribution in [-0.2, 0) is 6.54 Å². The number of nitrogens with one attached hydrogen (secondary N) is 1. The van der Waals surface area contributed by atoms with Gasteiger partial charge in [-0.3, -0.25) is 0 Å². The van der Waals surface area contributed by atoms with Crippen molar-refractivity contribution >= 4 is 23.1 Å². The number of aryl methyl sites for hydroxylation is 2. The van der Waals surface area contributed by atoms with Crippen LogP contribution >= 0.6 is 23.1 Å². The Bertz CT molecular complexity index is 508. The monoisotopic (exact) mass is 265 g/mol. The lowest BCUT2D eigenvalue weighted by Gasteiger charge is -2.08. The molecular formula is C12H15N3S2. The molecule has 2 aromatic rings. The lowest BCUT2D eigenvalue weighted by atomic mass is 10.1. The van der Waals surface area contributed by atoms with E-state index in [0.29, 0.717) is 0 Å². The summed E-state index contributed by atoms with van der Waals surface area (Å²) in [6.07, 6.45) is 0. The number of rotatable bonds is 4. The molecule has 0 atom stereocenters. The molecular weight excluding hydrogens is 250 g/mol. The molecule has 90 valence electrons. The van der Waals surface area contributed by atoms with Gasteiger partial charge in [0.2, 0.25) is 0 Å². The van der Waals surface area contributed by atoms with Crippen molar-refractivity contribution in [2.45, 2.75) is 29.6 Å². The van der Waals surface area contributed by atoms with Gasteiger partial charge in [0.05, 0.1) is 0 Å². The number of hydrogen-bond acceptors (Lipinski definition) is 5. The first-order valence-corrected chi connectivity index (χ1v) is 7.04. The van der Waals surface area contributed by atoms with Crippen molar-refractivity contribution in [2.24, 2.45) is 0 Å². The number of aromatic nitrogens is 2. The molecule has 1 aromatic heterocycles. The van der Waals surface area contributed by atoms with Crippen molar-refractivity contribution in [2.75, 3.05) is 7.05 Å². The summed E-state index contributed by atoms with van der Waals surface area (Å²) in [5, 5.41) is 12.4. The molecule has 0 bridgehead atoms. The van der Waals surface area contributed by atoms with Gasteiger partial charge in [0, 0.05) is 11.4 Å². The molecule has 0 spiro atoms. The van der Waals surface area contributed by atoms with Gasteiger partial charge in [-0.2, -0.15) is 0 Å². The van der Waals surface area contributed by atoms with Crippen molar-refractivity contribution in [1.29, 1.82) is 0 Å². The molecule has 1 N–H and O–H groups in total. The molecule has 2 rings (SSSR count). The van der Waals surface area contributed by atoms with Gasteiger partial charge in [-0.1, -0.05) is 40.8 Å². The van der Waals surface area contributed by atoms with E-state index in [1.807, 2.05) is 14.0 Å². The van der Waals surface area contributed by atoms with E-state index in [0.717, 1.165) is 15.9 Å². The molecule has 0 aliphatic carbocycles. The van der Waals surface area contributed by atoms with Crippen LogP contribution in [0.1, 0.15) is 16.1 Å². The highest BCUT2D eigenvalue weighted by Gasteiger charge is 2.07. The van der Waals surface area contributed by atoms with E-state index >= 15 is 0 Å². The minimum absolute atomic E-state index is 0.877. The van der Waals surface area contributed by atoms with Crippen LogP contribution in [0.2, 0.25) is 0 Å². The largest absolute Gasteiger partial charge is 0.316 e. The van der Waals surface area contributed by atoms with Gasteiger partial charge in [-0.25, -0.2) is 0 Å². The summed E-state index contributed by atoms with van der Waals surface area (Å²) in [6.45, 7) is 4.97. The number of hydrogen-bond donors (Lipinski definition) is 1. The number of benzene rings is 1. The fraction of sp³-hybridized carbons (Fsp3) is 0.333. The SMILES string of the molecule is CNCc1cc(C)ccc1Sc1nnc(C)s1. The van der Waals surface area contributed by atoms with Crippen molar-refractivity contribution in [3.05, 3.63) is 34.3 Å². The standard InChI is InChI=1S/C12H15N3S2/c1-8-4-5-11(10(6-8)7-13-3)17-12-15-14-9(2)16-12/h4-6,13H,7H2,1-3H3. The van der Waals surface area contributed by atoms with Crippen LogP contribution < -0.4 is 5.32 Å². The van der Waals surface area contributed by atoms with E-state index in [-0.39, 0.29) is 0 Å². The summed E-state index contributed by atoms with van der Waals surface area (Å²) in [6, 6.07) is 6.51. The first kappa shape index (κ1) is 12.5. The minimum Gasteiger partial charge on any atom is -0.316 e. The summed E-state index contributed by atoms with van der Waals surface area (Å²) in [7, 11) is 1.96. The highest BCUT2D eigenvalue weighted by Crippen LogP contribution is 2.32. The summed E-state index contributed by atoms with van der Waals surface area (Å²) in [5.41, 5.74) is 2.60. The molecule has 1 heterocycles. The second kappa shape index (κ2) is 5.62. The highest BCUT2D eigenvalue weighted by molar-refractivity contribution is 8.01. The first-order valence-electron chi connectivity index (χ1n) is 5.41. The van der Waals surface area contributed by atoms with Gasteiger partial charge in [-0.05, 0) is 32.5 Å². The van der Waals surface area contributed by atoms with E-state index in [1.54, 1.807) is 23.1 Å². The lowest BCUT2D eigenvalue weighted by molar-refractivity contribution is 0.802. The molecule has 0 aliphatic rings. The van der Waals surface area contributed by atoms with Crippen LogP contribution in [0.15, 0.2) is 27.4 Å². The molecule has 0 amide bonds. The van der Waals surface area contributed by atoms with Crippen LogP contribution in [0.3, 0.4) is 0 Å². The van der Waals surface area contributed by atoms with E-state index in [1.165, 1.54) is 16.0 Å². The Morgan fingerprint density at radius 2 is 2.12 bits per heavy atom. The van der Waals surface area contributed by atoms with Crippen LogP contribution in [-0.4, -0.2) is 17.2 Å². The zero-order valence-corrected chi connectivity index (χ0v) is 11.8. The molecule has 0 saturated carbocycles. The Morgan fingerprint density at radius 3 is 2.76 bits per heavy atom. The third kappa shape index (κ3) is 3.28. The van der Waals surface area contributed by atoms with Crippen molar-refractivity contribution < 1.29 is 0 Å². The van der Waals surface area contributed by atoms with Crippen LogP contribution in [0.4, 0.5) is 0 Å². The van der Waals surface area contributed by atoms with Crippen LogP contribution in [0, 0.1) is 13.8 Å². The van der Waals surface area contributed by atoms with Crippen molar-refractivity contribution in [1.82, 2.24) is 15.5 Å². The van der Waals surface area contributed by atoms with Gasteiger partial charge in [0.1, 0.15) is 5.01 Å². The minimum atomic E-state index is 0.877. The average Bonchev–Trinajstić information content (AvgIpc) is 2.69. The molecule has 1 aromatic carbocycles. The quantitative estimate of drug-likeness (QED) is 0.922. The van der Waals surface area contributed by atoms with Gasteiger partial charge in [-0.15, -0.1) is 10.2 Å². The van der Waals surface area contributed by atoms with Gasteiger partial charge in [0.25, 0.3) is 0 Å². The Morgan fingerprint density at radius 1 is 1.29 bits per heavy atom. The highest BCUT2D eigenvalue weighted by atomic mass is 32.2. The predicted molar refractivity (Wildman–Crippen MR) is 72.7 cm³/mol. The van der Waals surface area contributed by atoms with E-state index in [2.05, 4.69) is 40.6 Å². The molecule has 0 aliphatic heterocycles. The lowest BCUT2D eigenvalue weighted by Crippen LogP contribution is -2.06. The molecule has 0 radical (unpaired) electrons. The molecule has 0 saturated heterocycles. The zero-order valence-electron chi connectivity index (χ0n) is 10.2. The maximum Gasteiger partial charge on any atom is 0.179 e. The van der Waals surface area contributed by atoms with Gasteiger partial charge < -0.3 is 5.32 Å². The fourth-order valence-corrected chi connectivity index (χ4v) is 3.43. The van der Waals surface area contributed by atoms with Crippen molar-refractivity contribution in [3.8, 4) is 0 Å². The third-order valence-electron chi connectivity index (χ3n) is 2.29. The smallest absolute Gasteiger partial charge is 0.179 e. The zero-order chi connectivity index (χ0) is 12.3. The normalized spacial score (nSPS) is 10.8. The van der Waals surface area contributed by atoms with Crippen molar-refractivity contribution in [3.63, 3.8) is 0 Å². The molecule has 0 fully saturated rings. The maximum atomic E-state index is 4.15. The second-order valence-electron chi connectivity index (χ2n) is 3.83. The number of nitrogens with zero attached hydrogens (tertiary/aromatic N) is 2. The fourth-order valence-electron chi connectivity index (χ4n) is 1.55. The molecule has 3 nitrogen and oxygen atoms in total. The van der Waals surface area contributed by atoms with Gasteiger partial charge >= 0.3 is 0 Å². The molecule has 5 heteroatoms. The Labute approximate surface area is 110 Å². The van der Waals surface area contributed by atoms with E-state index in [4.69, 9.17) is 0 Å². The topological polar surface area (TPSA) is 37.8 Å². The molecule has 17 heavy (non-hydrogen) atoms. The summed E-state index contributed by atoms with van der Waals surface area (Å²) >= 11 is 3.32. The second-order valence-corrected chi connectivity index (χ2v) is 6.30. The van der Waals surface area contributed by atoms with E-state index < -0.39 is 0 Å². The maximum absolute atomic E-state index is 4.15. The summed E-state index contributed by atoms with van der Waals surface area (Å²) in [5.74, 6) is 0. The third-order valence-corrected chi connectivity index (χ3v) is 4.30. The Hall–Kier alpha value is -0.910. The summed E-state index contributed by atoms with van der Waals surface area (Å²) in [4.78, 5) is 1.25. The Balaban J connectivity index is 2.25. The predicted octanol–water partition coefficient (Wildman–Crippen LogP) is 3.03. The average molecular weight is 265 g/mol. The van der Waals surface area contributed by atoms with Crippen LogP contribution in [0.5, 0.6) is 0 Å². The van der Waals surface area contributed by atoms with Gasteiger partial charge in [0.15, 0.2) is 4.34 Å². The van der Waals surface area contributed by atoms with E-state index in [9.17, 15) is 0 Å². The Kier molecular flexibility index (Phi) is 4.15. The molecule has 0 unspecified atom stereocenters. The van der Waals surface area contributed by atoms with Crippen LogP contribution in [0.25, 0.3) is 0 Å². The summed E-state index contributed by atoms with van der Waals surface area (Å²) < 4.78 is 1.00.